The molecule has 132 valence electrons. The third-order valence-corrected chi connectivity index (χ3v) is 4.35. The summed E-state index contributed by atoms with van der Waals surface area (Å²) in [4.78, 5) is 23.6. The van der Waals surface area contributed by atoms with Crippen LogP contribution in [0.15, 0.2) is 48.5 Å². The van der Waals surface area contributed by atoms with E-state index >= 15 is 0 Å². The molecule has 0 saturated carbocycles. The molecular formula is C19H21FN2O2S. The lowest BCUT2D eigenvalue weighted by Crippen LogP contribution is -2.28. The van der Waals surface area contributed by atoms with E-state index in [-0.39, 0.29) is 29.1 Å². The Morgan fingerprint density at radius 1 is 1.04 bits per heavy atom. The van der Waals surface area contributed by atoms with Crippen molar-refractivity contribution in [1.82, 2.24) is 5.32 Å². The van der Waals surface area contributed by atoms with Gasteiger partial charge in [0, 0.05) is 12.2 Å². The Balaban J connectivity index is 1.60. The third kappa shape index (κ3) is 7.39. The maximum atomic E-state index is 12.8. The van der Waals surface area contributed by atoms with Crippen LogP contribution in [0.2, 0.25) is 0 Å². The van der Waals surface area contributed by atoms with Crippen molar-refractivity contribution in [2.45, 2.75) is 13.3 Å². The number of aryl methyl sites for hydroxylation is 1. The first kappa shape index (κ1) is 19.0. The lowest BCUT2D eigenvalue weighted by Gasteiger charge is -2.07. The van der Waals surface area contributed by atoms with Crippen LogP contribution in [-0.2, 0) is 16.0 Å². The second kappa shape index (κ2) is 9.84. The van der Waals surface area contributed by atoms with E-state index < -0.39 is 0 Å². The van der Waals surface area contributed by atoms with Gasteiger partial charge >= 0.3 is 0 Å². The largest absolute Gasteiger partial charge is 0.355 e. The number of hydrogen-bond acceptors (Lipinski definition) is 3. The van der Waals surface area contributed by atoms with Gasteiger partial charge in [-0.2, -0.15) is 0 Å². The van der Waals surface area contributed by atoms with Crippen molar-refractivity contribution in [1.29, 1.82) is 0 Å². The number of benzene rings is 2. The summed E-state index contributed by atoms with van der Waals surface area (Å²) in [5.41, 5.74) is 2.80. The van der Waals surface area contributed by atoms with Crippen molar-refractivity contribution in [2.75, 3.05) is 23.4 Å². The third-order valence-electron chi connectivity index (χ3n) is 3.42. The van der Waals surface area contributed by atoms with Gasteiger partial charge in [-0.05, 0) is 48.7 Å². The van der Waals surface area contributed by atoms with Crippen molar-refractivity contribution in [3.8, 4) is 0 Å². The second-order valence-electron chi connectivity index (χ2n) is 5.64. The van der Waals surface area contributed by atoms with Crippen LogP contribution in [0.3, 0.4) is 0 Å². The van der Waals surface area contributed by atoms with E-state index in [1.807, 2.05) is 31.2 Å². The van der Waals surface area contributed by atoms with Crippen LogP contribution in [0.1, 0.15) is 11.1 Å². The molecule has 0 unspecified atom stereocenters. The Morgan fingerprint density at radius 3 is 2.48 bits per heavy atom. The van der Waals surface area contributed by atoms with Crippen LogP contribution in [-0.4, -0.2) is 29.9 Å². The summed E-state index contributed by atoms with van der Waals surface area (Å²) >= 11 is 1.27. The first-order chi connectivity index (χ1) is 12.0. The number of hydrogen-bond donors (Lipinski definition) is 2. The fraction of sp³-hybridized carbons (Fsp3) is 0.263. The minimum absolute atomic E-state index is 0.115. The minimum atomic E-state index is -0.270. The summed E-state index contributed by atoms with van der Waals surface area (Å²) in [6, 6.07) is 13.8. The van der Waals surface area contributed by atoms with Crippen LogP contribution in [0.5, 0.6) is 0 Å². The second-order valence-corrected chi connectivity index (χ2v) is 6.62. The highest BCUT2D eigenvalue weighted by atomic mass is 32.2. The molecule has 4 nitrogen and oxygen atoms in total. The van der Waals surface area contributed by atoms with Gasteiger partial charge in [0.15, 0.2) is 0 Å². The molecule has 0 spiro atoms. The molecule has 2 N–H and O–H groups in total. The number of halogens is 1. The Morgan fingerprint density at radius 2 is 1.76 bits per heavy atom. The van der Waals surface area contributed by atoms with Gasteiger partial charge in [-0.3, -0.25) is 9.59 Å². The number of carbonyl (C=O) groups is 2. The summed E-state index contributed by atoms with van der Waals surface area (Å²) < 4.78 is 12.8. The zero-order chi connectivity index (χ0) is 18.1. The van der Waals surface area contributed by atoms with E-state index in [2.05, 4.69) is 10.6 Å². The number of thioether (sulfide) groups is 1. The normalized spacial score (nSPS) is 10.3. The van der Waals surface area contributed by atoms with E-state index in [0.29, 0.717) is 13.0 Å². The average molecular weight is 360 g/mol. The number of amides is 2. The molecule has 0 aromatic heterocycles. The molecule has 0 radical (unpaired) electrons. The molecule has 2 aromatic rings. The van der Waals surface area contributed by atoms with E-state index in [4.69, 9.17) is 0 Å². The van der Waals surface area contributed by atoms with Gasteiger partial charge in [0.25, 0.3) is 0 Å². The Labute approximate surface area is 151 Å². The smallest absolute Gasteiger partial charge is 0.234 e. The molecule has 0 heterocycles. The highest BCUT2D eigenvalue weighted by molar-refractivity contribution is 8.00. The van der Waals surface area contributed by atoms with Gasteiger partial charge in [-0.15, -0.1) is 11.8 Å². The zero-order valence-corrected chi connectivity index (χ0v) is 14.9. The summed E-state index contributed by atoms with van der Waals surface area (Å²) in [6.45, 7) is 2.45. The van der Waals surface area contributed by atoms with E-state index in [9.17, 15) is 14.0 Å². The predicted octanol–water partition coefficient (Wildman–Crippen LogP) is 3.16. The standard InChI is InChI=1S/C19H21FN2O2S/c1-14-3-2-4-17(11-14)22-19(24)13-25-12-18(23)21-10-9-15-5-7-16(20)8-6-15/h2-8,11H,9-10,12-13H2,1H3,(H,21,23)(H,22,24). The molecule has 2 rings (SSSR count). The van der Waals surface area contributed by atoms with Crippen LogP contribution in [0.25, 0.3) is 0 Å². The number of anilines is 1. The van der Waals surface area contributed by atoms with Crippen LogP contribution >= 0.6 is 11.8 Å². The monoisotopic (exact) mass is 360 g/mol. The van der Waals surface area contributed by atoms with E-state index in [1.54, 1.807) is 12.1 Å². The molecule has 6 heteroatoms. The molecule has 0 atom stereocenters. The van der Waals surface area contributed by atoms with Crippen molar-refractivity contribution in [3.05, 3.63) is 65.5 Å². The number of nitrogens with one attached hydrogen (secondary N) is 2. The fourth-order valence-electron chi connectivity index (χ4n) is 2.20. The topological polar surface area (TPSA) is 58.2 Å². The fourth-order valence-corrected chi connectivity index (χ4v) is 2.85. The molecule has 0 bridgehead atoms. The summed E-state index contributed by atoms with van der Waals surface area (Å²) in [6.07, 6.45) is 0.643. The quantitative estimate of drug-likeness (QED) is 0.760. The maximum Gasteiger partial charge on any atom is 0.234 e. The molecule has 0 saturated heterocycles. The molecule has 2 amide bonds. The van der Waals surface area contributed by atoms with Crippen molar-refractivity contribution >= 4 is 29.3 Å². The lowest BCUT2D eigenvalue weighted by molar-refractivity contribution is -0.118. The first-order valence-electron chi connectivity index (χ1n) is 7.98. The molecule has 0 aliphatic rings. The molecule has 0 fully saturated rings. The highest BCUT2D eigenvalue weighted by Gasteiger charge is 2.06. The van der Waals surface area contributed by atoms with Crippen molar-refractivity contribution < 1.29 is 14.0 Å². The van der Waals surface area contributed by atoms with Gasteiger partial charge < -0.3 is 10.6 Å². The van der Waals surface area contributed by atoms with Crippen molar-refractivity contribution in [2.24, 2.45) is 0 Å². The first-order valence-corrected chi connectivity index (χ1v) is 9.14. The van der Waals surface area contributed by atoms with Gasteiger partial charge in [-0.1, -0.05) is 24.3 Å². The van der Waals surface area contributed by atoms with E-state index in [0.717, 1.165) is 16.8 Å². The number of carbonyl (C=O) groups excluding carboxylic acids is 2. The van der Waals surface area contributed by atoms with Crippen LogP contribution in [0, 0.1) is 12.7 Å². The molecule has 0 aliphatic carbocycles. The molecule has 0 aliphatic heterocycles. The van der Waals surface area contributed by atoms with Crippen LogP contribution < -0.4 is 10.6 Å². The van der Waals surface area contributed by atoms with Crippen LogP contribution in [0.4, 0.5) is 10.1 Å². The summed E-state index contributed by atoms with van der Waals surface area (Å²) in [7, 11) is 0. The summed E-state index contributed by atoms with van der Waals surface area (Å²) in [5.74, 6) is -0.0671. The van der Waals surface area contributed by atoms with Crippen molar-refractivity contribution in [3.63, 3.8) is 0 Å². The van der Waals surface area contributed by atoms with Gasteiger partial charge in [-0.25, -0.2) is 4.39 Å². The van der Waals surface area contributed by atoms with Gasteiger partial charge in [0.05, 0.1) is 11.5 Å². The minimum Gasteiger partial charge on any atom is -0.355 e. The van der Waals surface area contributed by atoms with Gasteiger partial charge in [0.2, 0.25) is 11.8 Å². The molecular weight excluding hydrogens is 339 g/mol. The van der Waals surface area contributed by atoms with Gasteiger partial charge in [0.1, 0.15) is 5.82 Å². The highest BCUT2D eigenvalue weighted by Crippen LogP contribution is 2.10. The Hall–Kier alpha value is -2.34. The summed E-state index contributed by atoms with van der Waals surface area (Å²) in [5, 5.41) is 5.60. The lowest BCUT2D eigenvalue weighted by atomic mass is 10.1. The Kier molecular flexibility index (Phi) is 7.47. The zero-order valence-electron chi connectivity index (χ0n) is 14.0. The Bertz CT molecular complexity index is 720. The average Bonchev–Trinajstić information content (AvgIpc) is 2.56. The van der Waals surface area contributed by atoms with E-state index in [1.165, 1.54) is 23.9 Å². The SMILES string of the molecule is Cc1cccc(NC(=O)CSCC(=O)NCCc2ccc(F)cc2)c1. The number of rotatable bonds is 8. The maximum absolute atomic E-state index is 12.8. The predicted molar refractivity (Wildman–Crippen MR) is 100 cm³/mol. The molecule has 2 aromatic carbocycles. The molecule has 25 heavy (non-hydrogen) atoms.